The number of hydrogen-bond donors (Lipinski definition) is 1. The first-order chi connectivity index (χ1) is 8.06. The van der Waals surface area contributed by atoms with Gasteiger partial charge in [0.2, 0.25) is 0 Å². The maximum absolute atomic E-state index is 11.9. The van der Waals surface area contributed by atoms with Crippen molar-refractivity contribution in [3.8, 4) is 0 Å². The molecule has 0 radical (unpaired) electrons. The molecular weight excluding hydrogens is 216 g/mol. The maximum atomic E-state index is 11.9. The molecule has 4 nitrogen and oxygen atoms in total. The summed E-state index contributed by atoms with van der Waals surface area (Å²) in [6.45, 7) is 6.26. The number of carbonyl (C=O) groups excluding carboxylic acids is 2. The first-order valence-corrected chi connectivity index (χ1v) is 5.38. The number of nitrogens with two attached hydrogens (primary N) is 1. The minimum Gasteiger partial charge on any atom is -0.327 e. The van der Waals surface area contributed by atoms with Crippen molar-refractivity contribution in [3.63, 3.8) is 0 Å². The van der Waals surface area contributed by atoms with Gasteiger partial charge in [0.1, 0.15) is 0 Å². The van der Waals surface area contributed by atoms with Crippen LogP contribution in [-0.2, 0) is 4.79 Å². The number of benzene rings is 1. The van der Waals surface area contributed by atoms with E-state index in [1.54, 1.807) is 12.1 Å². The number of rotatable bonds is 3. The molecule has 1 heterocycles. The highest BCUT2D eigenvalue weighted by molar-refractivity contribution is 6.52. The Morgan fingerprint density at radius 2 is 2.12 bits per heavy atom. The Bertz CT molecular complexity index is 520. The van der Waals surface area contributed by atoms with Crippen LogP contribution in [0.1, 0.15) is 15.9 Å². The number of para-hydroxylation sites is 1. The Morgan fingerprint density at radius 3 is 2.76 bits per heavy atom. The molecule has 1 aliphatic heterocycles. The summed E-state index contributed by atoms with van der Waals surface area (Å²) in [6, 6.07) is 5.33. The van der Waals surface area contributed by atoms with Crippen molar-refractivity contribution in [1.82, 2.24) is 0 Å². The lowest BCUT2D eigenvalue weighted by Gasteiger charge is -2.19. The molecule has 0 saturated heterocycles. The number of ketones is 1. The van der Waals surface area contributed by atoms with Crippen LogP contribution in [0.5, 0.6) is 0 Å². The van der Waals surface area contributed by atoms with Crippen LogP contribution < -0.4 is 10.6 Å². The van der Waals surface area contributed by atoms with Gasteiger partial charge in [0.15, 0.2) is 0 Å². The molecule has 0 bridgehead atoms. The smallest absolute Gasteiger partial charge is 0.299 e. The lowest BCUT2D eigenvalue weighted by Crippen LogP contribution is -2.33. The van der Waals surface area contributed by atoms with Crippen molar-refractivity contribution >= 4 is 17.4 Å². The summed E-state index contributed by atoms with van der Waals surface area (Å²) in [4.78, 5) is 25.1. The van der Waals surface area contributed by atoms with Crippen LogP contribution in [-0.4, -0.2) is 24.8 Å². The van der Waals surface area contributed by atoms with Gasteiger partial charge >= 0.3 is 0 Å². The second-order valence-corrected chi connectivity index (χ2v) is 4.15. The SMILES string of the molecule is C=C(CN)CN1C(=O)C(=O)c2cccc(C)c21. The van der Waals surface area contributed by atoms with Crippen LogP contribution in [0, 0.1) is 6.92 Å². The molecule has 0 spiro atoms. The van der Waals surface area contributed by atoms with Crippen LogP contribution in [0.4, 0.5) is 5.69 Å². The average Bonchev–Trinajstić information content (AvgIpc) is 2.56. The van der Waals surface area contributed by atoms with E-state index in [9.17, 15) is 9.59 Å². The van der Waals surface area contributed by atoms with E-state index in [1.165, 1.54) is 4.90 Å². The van der Waals surface area contributed by atoms with Crippen LogP contribution in [0.2, 0.25) is 0 Å². The molecule has 0 aliphatic carbocycles. The van der Waals surface area contributed by atoms with Crippen molar-refractivity contribution in [2.45, 2.75) is 6.92 Å². The standard InChI is InChI=1S/C13H14N2O2/c1-8(6-14)7-15-11-9(2)4-3-5-10(11)12(16)13(15)17/h3-5H,1,6-7,14H2,2H3. The van der Waals surface area contributed by atoms with Crippen LogP contribution >= 0.6 is 0 Å². The molecule has 1 aromatic carbocycles. The van der Waals surface area contributed by atoms with Gasteiger partial charge in [-0.05, 0) is 24.1 Å². The quantitative estimate of drug-likeness (QED) is 0.623. The molecule has 0 fully saturated rings. The summed E-state index contributed by atoms with van der Waals surface area (Å²) >= 11 is 0. The van der Waals surface area contributed by atoms with Gasteiger partial charge in [-0.3, -0.25) is 9.59 Å². The molecule has 2 N–H and O–H groups in total. The topological polar surface area (TPSA) is 63.4 Å². The Labute approximate surface area is 99.7 Å². The zero-order chi connectivity index (χ0) is 12.6. The number of Topliss-reactive ketones (excluding diaryl/α,β-unsaturated/α-hetero) is 1. The third kappa shape index (κ3) is 1.76. The van der Waals surface area contributed by atoms with E-state index >= 15 is 0 Å². The number of carbonyl (C=O) groups is 2. The third-order valence-corrected chi connectivity index (χ3v) is 2.86. The Hall–Kier alpha value is -1.94. The van der Waals surface area contributed by atoms with Gasteiger partial charge in [-0.1, -0.05) is 18.7 Å². The van der Waals surface area contributed by atoms with Gasteiger partial charge in [0.25, 0.3) is 11.7 Å². The molecule has 4 heteroatoms. The Kier molecular flexibility index (Phi) is 2.81. The van der Waals surface area contributed by atoms with Gasteiger partial charge in [-0.25, -0.2) is 0 Å². The van der Waals surface area contributed by atoms with Crippen LogP contribution in [0.25, 0.3) is 0 Å². The van der Waals surface area contributed by atoms with Crippen molar-refractivity contribution in [1.29, 1.82) is 0 Å². The fraction of sp³-hybridized carbons (Fsp3) is 0.231. The van der Waals surface area contributed by atoms with Gasteiger partial charge < -0.3 is 10.6 Å². The Balaban J connectivity index is 2.47. The lowest BCUT2D eigenvalue weighted by atomic mass is 10.1. The molecule has 0 unspecified atom stereocenters. The second kappa shape index (κ2) is 4.14. The first-order valence-electron chi connectivity index (χ1n) is 5.38. The van der Waals surface area contributed by atoms with E-state index in [4.69, 9.17) is 5.73 Å². The summed E-state index contributed by atoms with van der Waals surface area (Å²) in [7, 11) is 0. The largest absolute Gasteiger partial charge is 0.327 e. The molecule has 1 amide bonds. The van der Waals surface area contributed by atoms with E-state index in [0.29, 0.717) is 24.3 Å². The number of anilines is 1. The zero-order valence-corrected chi connectivity index (χ0v) is 9.69. The van der Waals surface area contributed by atoms with Gasteiger partial charge in [0, 0.05) is 13.1 Å². The van der Waals surface area contributed by atoms with E-state index in [2.05, 4.69) is 6.58 Å². The third-order valence-electron chi connectivity index (χ3n) is 2.86. The average molecular weight is 230 g/mol. The van der Waals surface area contributed by atoms with E-state index < -0.39 is 11.7 Å². The predicted octanol–water partition coefficient (Wildman–Crippen LogP) is 1.04. The Morgan fingerprint density at radius 1 is 1.41 bits per heavy atom. The maximum Gasteiger partial charge on any atom is 0.299 e. The number of aryl methyl sites for hydroxylation is 1. The molecule has 1 aromatic rings. The summed E-state index contributed by atoms with van der Waals surface area (Å²) in [5.74, 6) is -0.947. The predicted molar refractivity (Wildman–Crippen MR) is 66.1 cm³/mol. The molecular formula is C13H14N2O2. The number of nitrogens with zero attached hydrogens (tertiary/aromatic N) is 1. The van der Waals surface area contributed by atoms with Crippen molar-refractivity contribution in [2.24, 2.45) is 5.73 Å². The first kappa shape index (κ1) is 11.5. The zero-order valence-electron chi connectivity index (χ0n) is 9.69. The van der Waals surface area contributed by atoms with Crippen LogP contribution in [0.15, 0.2) is 30.4 Å². The second-order valence-electron chi connectivity index (χ2n) is 4.15. The highest BCUT2D eigenvalue weighted by Gasteiger charge is 2.36. The normalized spacial score (nSPS) is 14.1. The highest BCUT2D eigenvalue weighted by Crippen LogP contribution is 2.32. The summed E-state index contributed by atoms with van der Waals surface area (Å²) < 4.78 is 0. The molecule has 88 valence electrons. The molecule has 0 atom stereocenters. The molecule has 0 aromatic heterocycles. The highest BCUT2D eigenvalue weighted by atomic mass is 16.2. The summed E-state index contributed by atoms with van der Waals surface area (Å²) in [6.07, 6.45) is 0. The summed E-state index contributed by atoms with van der Waals surface area (Å²) in [5.41, 5.74) is 8.26. The fourth-order valence-electron chi connectivity index (χ4n) is 1.98. The number of amides is 1. The molecule has 0 saturated carbocycles. The van der Waals surface area contributed by atoms with E-state index in [-0.39, 0.29) is 0 Å². The minimum absolute atomic E-state index is 0.304. The van der Waals surface area contributed by atoms with Gasteiger partial charge in [-0.2, -0.15) is 0 Å². The molecule has 2 rings (SSSR count). The fourth-order valence-corrected chi connectivity index (χ4v) is 1.98. The van der Waals surface area contributed by atoms with Crippen molar-refractivity contribution < 1.29 is 9.59 Å². The van der Waals surface area contributed by atoms with E-state index in [0.717, 1.165) is 11.1 Å². The van der Waals surface area contributed by atoms with Crippen molar-refractivity contribution in [3.05, 3.63) is 41.5 Å². The van der Waals surface area contributed by atoms with Crippen molar-refractivity contribution in [2.75, 3.05) is 18.0 Å². The monoisotopic (exact) mass is 230 g/mol. The number of fused-ring (bicyclic) bond motifs is 1. The van der Waals surface area contributed by atoms with Gasteiger partial charge in [0.05, 0.1) is 11.3 Å². The lowest BCUT2D eigenvalue weighted by molar-refractivity contribution is -0.114. The van der Waals surface area contributed by atoms with E-state index in [1.807, 2.05) is 13.0 Å². The molecule has 1 aliphatic rings. The van der Waals surface area contributed by atoms with Crippen LogP contribution in [0.3, 0.4) is 0 Å². The molecule has 17 heavy (non-hydrogen) atoms. The number of hydrogen-bond acceptors (Lipinski definition) is 3. The summed E-state index contributed by atoms with van der Waals surface area (Å²) in [5, 5.41) is 0. The minimum atomic E-state index is -0.496. The van der Waals surface area contributed by atoms with Gasteiger partial charge in [-0.15, -0.1) is 0 Å².